The number of likely N-dealkylation sites (N-methyl/N-ethyl adjacent to an activating group) is 1. The van der Waals surface area contributed by atoms with Gasteiger partial charge in [0.1, 0.15) is 0 Å². The normalized spacial score (nSPS) is 18.9. The molecule has 0 aliphatic carbocycles. The molecule has 8 nitrogen and oxygen atoms in total. The lowest BCUT2D eigenvalue weighted by molar-refractivity contribution is 0.226. The minimum atomic E-state index is -0.305. The monoisotopic (exact) mass is 343 g/mol. The number of benzene rings is 1. The van der Waals surface area contributed by atoms with E-state index in [2.05, 4.69) is 38.0 Å². The first-order valence-electron chi connectivity index (χ1n) is 8.81. The van der Waals surface area contributed by atoms with E-state index in [4.69, 9.17) is 0 Å². The van der Waals surface area contributed by atoms with Gasteiger partial charge in [0.15, 0.2) is 5.82 Å². The SMILES string of the molecule is CCN1CCCC1CNC(=O)NC(C)c1nnnn1-c1ccccc1. The molecule has 2 N–H and O–H groups in total. The van der Waals surface area contributed by atoms with Gasteiger partial charge in [-0.05, 0) is 55.4 Å². The van der Waals surface area contributed by atoms with Crippen molar-refractivity contribution >= 4 is 6.03 Å². The molecule has 25 heavy (non-hydrogen) atoms. The zero-order valence-electron chi connectivity index (χ0n) is 14.7. The fourth-order valence-corrected chi connectivity index (χ4v) is 3.28. The summed E-state index contributed by atoms with van der Waals surface area (Å²) in [7, 11) is 0. The summed E-state index contributed by atoms with van der Waals surface area (Å²) in [5.74, 6) is 0.595. The zero-order valence-corrected chi connectivity index (χ0v) is 14.7. The highest BCUT2D eigenvalue weighted by molar-refractivity contribution is 5.74. The first kappa shape index (κ1) is 17.3. The van der Waals surface area contributed by atoms with Crippen molar-refractivity contribution in [3.63, 3.8) is 0 Å². The third-order valence-corrected chi connectivity index (χ3v) is 4.63. The van der Waals surface area contributed by atoms with Crippen molar-refractivity contribution in [2.75, 3.05) is 19.6 Å². The van der Waals surface area contributed by atoms with E-state index < -0.39 is 0 Å². The summed E-state index contributed by atoms with van der Waals surface area (Å²) in [6.45, 7) is 6.83. The van der Waals surface area contributed by atoms with Gasteiger partial charge < -0.3 is 10.6 Å². The van der Waals surface area contributed by atoms with Crippen molar-refractivity contribution in [3.05, 3.63) is 36.2 Å². The van der Waals surface area contributed by atoms with Crippen molar-refractivity contribution < 1.29 is 4.79 Å². The molecule has 1 aromatic heterocycles. The number of amides is 2. The second-order valence-electron chi connectivity index (χ2n) is 6.29. The number of aromatic nitrogens is 4. The number of tetrazole rings is 1. The van der Waals surface area contributed by atoms with E-state index in [1.807, 2.05) is 37.3 Å². The maximum atomic E-state index is 12.2. The number of carbonyl (C=O) groups is 1. The predicted octanol–water partition coefficient (Wildman–Crippen LogP) is 1.51. The first-order chi connectivity index (χ1) is 12.2. The molecule has 2 unspecified atom stereocenters. The van der Waals surface area contributed by atoms with Crippen LogP contribution in [0.4, 0.5) is 4.79 Å². The molecule has 1 aliphatic rings. The topological polar surface area (TPSA) is 88.0 Å². The van der Waals surface area contributed by atoms with Crippen molar-refractivity contribution in [1.82, 2.24) is 35.7 Å². The number of urea groups is 1. The number of carbonyl (C=O) groups excluding carboxylic acids is 1. The molecule has 2 heterocycles. The van der Waals surface area contributed by atoms with Crippen molar-refractivity contribution in [1.29, 1.82) is 0 Å². The van der Waals surface area contributed by atoms with Gasteiger partial charge in [0, 0.05) is 12.6 Å². The molecule has 1 fully saturated rings. The number of para-hydroxylation sites is 1. The number of nitrogens with zero attached hydrogens (tertiary/aromatic N) is 5. The van der Waals surface area contributed by atoms with Gasteiger partial charge in [0.25, 0.3) is 0 Å². The Kier molecular flexibility index (Phi) is 5.60. The highest BCUT2D eigenvalue weighted by atomic mass is 16.2. The summed E-state index contributed by atoms with van der Waals surface area (Å²) in [4.78, 5) is 14.6. The molecule has 1 saturated heterocycles. The Morgan fingerprint density at radius 1 is 1.36 bits per heavy atom. The standard InChI is InChI=1S/C17H25N7O/c1-3-23-11-7-10-15(23)12-18-17(25)19-13(2)16-20-21-22-24(16)14-8-5-4-6-9-14/h4-6,8-9,13,15H,3,7,10-12H2,1-2H3,(H2,18,19,25). The average molecular weight is 343 g/mol. The summed E-state index contributed by atoms with van der Waals surface area (Å²) in [6.07, 6.45) is 2.33. The second kappa shape index (κ2) is 8.06. The van der Waals surface area contributed by atoms with Crippen LogP contribution in [0.25, 0.3) is 5.69 Å². The van der Waals surface area contributed by atoms with Gasteiger partial charge >= 0.3 is 6.03 Å². The van der Waals surface area contributed by atoms with E-state index in [9.17, 15) is 4.79 Å². The zero-order chi connectivity index (χ0) is 17.6. The Bertz CT molecular complexity index is 687. The summed E-state index contributed by atoms with van der Waals surface area (Å²) in [5.41, 5.74) is 0.862. The van der Waals surface area contributed by atoms with Crippen LogP contribution in [0.2, 0.25) is 0 Å². The molecule has 1 aromatic carbocycles. The largest absolute Gasteiger partial charge is 0.337 e. The maximum Gasteiger partial charge on any atom is 0.315 e. The maximum absolute atomic E-state index is 12.2. The van der Waals surface area contributed by atoms with Crippen LogP contribution in [-0.4, -0.2) is 56.8 Å². The third kappa shape index (κ3) is 4.14. The molecule has 0 bridgehead atoms. The van der Waals surface area contributed by atoms with Crippen LogP contribution in [0, 0.1) is 0 Å². The number of hydrogen-bond donors (Lipinski definition) is 2. The predicted molar refractivity (Wildman–Crippen MR) is 94.4 cm³/mol. The molecule has 0 spiro atoms. The van der Waals surface area contributed by atoms with E-state index in [1.54, 1.807) is 4.68 Å². The minimum absolute atomic E-state index is 0.196. The Morgan fingerprint density at radius 2 is 2.16 bits per heavy atom. The lowest BCUT2D eigenvalue weighted by Gasteiger charge is -2.23. The fraction of sp³-hybridized carbons (Fsp3) is 0.529. The van der Waals surface area contributed by atoms with E-state index >= 15 is 0 Å². The van der Waals surface area contributed by atoms with Gasteiger partial charge in [-0.25, -0.2) is 4.79 Å². The van der Waals surface area contributed by atoms with Crippen LogP contribution in [-0.2, 0) is 0 Å². The number of likely N-dealkylation sites (tertiary alicyclic amines) is 1. The fourth-order valence-electron chi connectivity index (χ4n) is 3.28. The van der Waals surface area contributed by atoms with Gasteiger partial charge in [-0.2, -0.15) is 4.68 Å². The van der Waals surface area contributed by atoms with Gasteiger partial charge in [-0.1, -0.05) is 25.1 Å². The van der Waals surface area contributed by atoms with Gasteiger partial charge in [0.05, 0.1) is 11.7 Å². The lowest BCUT2D eigenvalue weighted by atomic mass is 10.2. The molecule has 3 rings (SSSR count). The van der Waals surface area contributed by atoms with E-state index in [0.29, 0.717) is 18.4 Å². The quantitative estimate of drug-likeness (QED) is 0.830. The molecule has 0 saturated carbocycles. The molecule has 8 heteroatoms. The van der Waals surface area contributed by atoms with Crippen molar-refractivity contribution in [3.8, 4) is 5.69 Å². The molecular weight excluding hydrogens is 318 g/mol. The molecular formula is C17H25N7O. The van der Waals surface area contributed by atoms with Gasteiger partial charge in [-0.15, -0.1) is 5.10 Å². The molecule has 134 valence electrons. The van der Waals surface area contributed by atoms with E-state index in [0.717, 1.165) is 25.2 Å². The second-order valence-corrected chi connectivity index (χ2v) is 6.29. The van der Waals surface area contributed by atoms with E-state index in [-0.39, 0.29) is 12.1 Å². The third-order valence-electron chi connectivity index (χ3n) is 4.63. The Labute approximate surface area is 147 Å². The van der Waals surface area contributed by atoms with Crippen LogP contribution in [0.1, 0.15) is 38.6 Å². The summed E-state index contributed by atoms with van der Waals surface area (Å²) >= 11 is 0. The van der Waals surface area contributed by atoms with E-state index in [1.165, 1.54) is 6.42 Å². The minimum Gasteiger partial charge on any atom is -0.337 e. The molecule has 2 amide bonds. The van der Waals surface area contributed by atoms with Crippen molar-refractivity contribution in [2.45, 2.75) is 38.8 Å². The highest BCUT2D eigenvalue weighted by Gasteiger charge is 2.24. The van der Waals surface area contributed by atoms with Gasteiger partial charge in [-0.3, -0.25) is 4.90 Å². The van der Waals surface area contributed by atoms with Crippen molar-refractivity contribution in [2.24, 2.45) is 0 Å². The van der Waals surface area contributed by atoms with Crippen LogP contribution >= 0.6 is 0 Å². The lowest BCUT2D eigenvalue weighted by Crippen LogP contribution is -2.44. The highest BCUT2D eigenvalue weighted by Crippen LogP contribution is 2.16. The molecule has 0 radical (unpaired) electrons. The number of nitrogens with one attached hydrogen (secondary N) is 2. The summed E-state index contributed by atoms with van der Waals surface area (Å²) in [6, 6.07) is 9.56. The summed E-state index contributed by atoms with van der Waals surface area (Å²) in [5, 5.41) is 17.7. The van der Waals surface area contributed by atoms with Crippen LogP contribution in [0.3, 0.4) is 0 Å². The van der Waals surface area contributed by atoms with Crippen LogP contribution < -0.4 is 10.6 Å². The average Bonchev–Trinajstić information content (AvgIpc) is 3.29. The van der Waals surface area contributed by atoms with Crippen LogP contribution in [0.15, 0.2) is 30.3 Å². The van der Waals surface area contributed by atoms with Gasteiger partial charge in [0.2, 0.25) is 0 Å². The smallest absolute Gasteiger partial charge is 0.315 e. The summed E-state index contributed by atoms with van der Waals surface area (Å²) < 4.78 is 1.64. The Balaban J connectivity index is 1.57. The van der Waals surface area contributed by atoms with Crippen LogP contribution in [0.5, 0.6) is 0 Å². The number of hydrogen-bond acceptors (Lipinski definition) is 5. The molecule has 2 atom stereocenters. The Morgan fingerprint density at radius 3 is 2.92 bits per heavy atom. The molecule has 2 aromatic rings. The first-order valence-corrected chi connectivity index (χ1v) is 8.81. The Hall–Kier alpha value is -2.48. The number of rotatable bonds is 6. The molecule has 1 aliphatic heterocycles.